The van der Waals surface area contributed by atoms with Crippen LogP contribution in [0, 0.1) is 0 Å². The topological polar surface area (TPSA) is 9.72 Å². The molecule has 0 aliphatic carbocycles. The number of piperazine rings is 1. The third-order valence-corrected chi connectivity index (χ3v) is 3.93. The van der Waals surface area contributed by atoms with E-state index in [-0.39, 0.29) is 0 Å². The van der Waals surface area contributed by atoms with Gasteiger partial charge in [0.1, 0.15) is 0 Å². The van der Waals surface area contributed by atoms with Gasteiger partial charge < -0.3 is 4.90 Å². The van der Waals surface area contributed by atoms with E-state index in [1.807, 2.05) is 0 Å². The van der Waals surface area contributed by atoms with E-state index >= 15 is 0 Å². The van der Waals surface area contributed by atoms with Crippen LogP contribution in [0.4, 0.5) is 0 Å². The first-order valence-electron chi connectivity index (χ1n) is 6.61. The van der Waals surface area contributed by atoms with Crippen molar-refractivity contribution in [2.75, 3.05) is 52.9 Å². The second kappa shape index (κ2) is 5.80. The van der Waals surface area contributed by atoms with Gasteiger partial charge in [-0.3, -0.25) is 9.80 Å². The minimum absolute atomic E-state index is 0.641. The molecule has 0 aromatic heterocycles. The van der Waals surface area contributed by atoms with Crippen molar-refractivity contribution in [2.45, 2.75) is 19.4 Å². The van der Waals surface area contributed by atoms with Crippen molar-refractivity contribution in [3.63, 3.8) is 0 Å². The predicted molar refractivity (Wildman–Crippen MR) is 68.7 cm³/mol. The molecule has 16 heavy (non-hydrogen) atoms. The smallest absolute Gasteiger partial charge is 0.0402 e. The Hall–Kier alpha value is -0.380. The minimum Gasteiger partial charge on any atom is -0.301 e. The molecular weight excluding hydrogens is 198 g/mol. The summed E-state index contributed by atoms with van der Waals surface area (Å²) < 4.78 is 0. The summed E-state index contributed by atoms with van der Waals surface area (Å²) in [5.74, 6) is 0. The Kier molecular flexibility index (Phi) is 4.38. The van der Waals surface area contributed by atoms with Crippen LogP contribution in [0.15, 0.2) is 12.2 Å². The Labute approximate surface area is 99.7 Å². The lowest BCUT2D eigenvalue weighted by molar-refractivity contribution is 0.112. The van der Waals surface area contributed by atoms with Gasteiger partial charge in [-0.15, -0.1) is 0 Å². The summed E-state index contributed by atoms with van der Waals surface area (Å²) in [4.78, 5) is 7.63. The van der Waals surface area contributed by atoms with Crippen molar-refractivity contribution in [1.82, 2.24) is 14.7 Å². The van der Waals surface area contributed by atoms with Crippen LogP contribution in [0.2, 0.25) is 0 Å². The summed E-state index contributed by atoms with van der Waals surface area (Å²) in [5, 5.41) is 0. The first kappa shape index (κ1) is 12.1. The molecule has 3 heteroatoms. The van der Waals surface area contributed by atoms with Crippen LogP contribution < -0.4 is 0 Å². The molecular formula is C13H25N3. The molecule has 1 atom stereocenters. The van der Waals surface area contributed by atoms with Crippen LogP contribution >= 0.6 is 0 Å². The highest BCUT2D eigenvalue weighted by Crippen LogP contribution is 2.10. The van der Waals surface area contributed by atoms with Gasteiger partial charge in [0.15, 0.2) is 0 Å². The molecule has 3 nitrogen and oxygen atoms in total. The van der Waals surface area contributed by atoms with Crippen molar-refractivity contribution >= 4 is 0 Å². The molecule has 1 unspecified atom stereocenters. The highest BCUT2D eigenvalue weighted by Gasteiger charge is 2.21. The average molecular weight is 223 g/mol. The maximum absolute atomic E-state index is 2.61. The molecule has 0 aromatic rings. The van der Waals surface area contributed by atoms with Gasteiger partial charge >= 0.3 is 0 Å². The maximum atomic E-state index is 2.61. The van der Waals surface area contributed by atoms with E-state index in [1.54, 1.807) is 0 Å². The maximum Gasteiger partial charge on any atom is 0.0402 e. The van der Waals surface area contributed by atoms with Gasteiger partial charge in [-0.2, -0.15) is 0 Å². The minimum atomic E-state index is 0.641. The van der Waals surface area contributed by atoms with Crippen molar-refractivity contribution in [3.05, 3.63) is 12.2 Å². The largest absolute Gasteiger partial charge is 0.301 e. The van der Waals surface area contributed by atoms with Gasteiger partial charge in [-0.05, 0) is 20.0 Å². The van der Waals surface area contributed by atoms with Gasteiger partial charge in [0.2, 0.25) is 0 Å². The number of nitrogens with zero attached hydrogens (tertiary/aromatic N) is 3. The molecule has 0 amide bonds. The van der Waals surface area contributed by atoms with Gasteiger partial charge in [-0.1, -0.05) is 19.1 Å². The fraction of sp³-hybridized carbons (Fsp3) is 0.846. The Morgan fingerprint density at radius 1 is 1.06 bits per heavy atom. The molecule has 0 spiro atoms. The molecule has 0 radical (unpaired) electrons. The quantitative estimate of drug-likeness (QED) is 0.658. The Morgan fingerprint density at radius 2 is 1.75 bits per heavy atom. The molecule has 2 aliphatic heterocycles. The monoisotopic (exact) mass is 223 g/mol. The summed E-state index contributed by atoms with van der Waals surface area (Å²) >= 11 is 0. The zero-order valence-electron chi connectivity index (χ0n) is 10.7. The Balaban J connectivity index is 1.77. The van der Waals surface area contributed by atoms with E-state index in [0.29, 0.717) is 6.04 Å². The fourth-order valence-corrected chi connectivity index (χ4v) is 2.60. The molecule has 0 bridgehead atoms. The third kappa shape index (κ3) is 3.06. The average Bonchev–Trinajstić information content (AvgIpc) is 2.33. The molecule has 1 fully saturated rings. The van der Waals surface area contributed by atoms with E-state index in [4.69, 9.17) is 0 Å². The van der Waals surface area contributed by atoms with Gasteiger partial charge in [0.25, 0.3) is 0 Å². The number of hydrogen-bond acceptors (Lipinski definition) is 3. The van der Waals surface area contributed by atoms with Crippen molar-refractivity contribution in [1.29, 1.82) is 0 Å². The SMILES string of the molecule is CCN1CCN(CC2C=CCCN2C)CC1. The summed E-state index contributed by atoms with van der Waals surface area (Å²) in [7, 11) is 2.25. The molecule has 0 N–H and O–H groups in total. The standard InChI is InChI=1S/C13H25N3/c1-3-15-8-10-16(11-9-15)12-13-6-4-5-7-14(13)2/h4,6,13H,3,5,7-12H2,1-2H3. The molecule has 92 valence electrons. The summed E-state index contributed by atoms with van der Waals surface area (Å²) in [6, 6.07) is 0.641. The zero-order chi connectivity index (χ0) is 11.4. The van der Waals surface area contributed by atoms with Crippen LogP contribution in [-0.2, 0) is 0 Å². The lowest BCUT2D eigenvalue weighted by Crippen LogP contribution is -2.50. The van der Waals surface area contributed by atoms with Gasteiger partial charge in [-0.25, -0.2) is 0 Å². The zero-order valence-corrected chi connectivity index (χ0v) is 10.7. The predicted octanol–water partition coefficient (Wildman–Crippen LogP) is 0.884. The molecule has 0 saturated carbocycles. The number of hydrogen-bond donors (Lipinski definition) is 0. The molecule has 2 aliphatic rings. The van der Waals surface area contributed by atoms with E-state index in [0.717, 1.165) is 0 Å². The second-order valence-electron chi connectivity index (χ2n) is 5.00. The van der Waals surface area contributed by atoms with Crippen LogP contribution in [0.25, 0.3) is 0 Å². The second-order valence-corrected chi connectivity index (χ2v) is 5.00. The van der Waals surface area contributed by atoms with E-state index in [9.17, 15) is 0 Å². The van der Waals surface area contributed by atoms with Crippen molar-refractivity contribution in [3.8, 4) is 0 Å². The first-order chi connectivity index (χ1) is 7.79. The summed E-state index contributed by atoms with van der Waals surface area (Å²) in [6.07, 6.45) is 5.94. The van der Waals surface area contributed by atoms with Gasteiger partial charge in [0, 0.05) is 45.3 Å². The third-order valence-electron chi connectivity index (χ3n) is 3.93. The van der Waals surface area contributed by atoms with Crippen LogP contribution in [0.3, 0.4) is 0 Å². The lowest BCUT2D eigenvalue weighted by atomic mass is 10.1. The highest BCUT2D eigenvalue weighted by molar-refractivity contribution is 5.00. The summed E-state index contributed by atoms with van der Waals surface area (Å²) in [6.45, 7) is 10.9. The molecule has 1 saturated heterocycles. The van der Waals surface area contributed by atoms with Gasteiger partial charge in [0.05, 0.1) is 0 Å². The highest BCUT2D eigenvalue weighted by atomic mass is 15.3. The summed E-state index contributed by atoms with van der Waals surface area (Å²) in [5.41, 5.74) is 0. The van der Waals surface area contributed by atoms with Crippen LogP contribution in [0.1, 0.15) is 13.3 Å². The number of likely N-dealkylation sites (N-methyl/N-ethyl adjacent to an activating group) is 2. The van der Waals surface area contributed by atoms with Crippen molar-refractivity contribution < 1.29 is 0 Å². The normalized spacial score (nSPS) is 29.8. The van der Waals surface area contributed by atoms with Crippen LogP contribution in [-0.4, -0.2) is 73.6 Å². The Morgan fingerprint density at radius 3 is 2.38 bits per heavy atom. The van der Waals surface area contributed by atoms with E-state index in [2.05, 4.69) is 40.8 Å². The molecule has 2 rings (SSSR count). The van der Waals surface area contributed by atoms with Crippen molar-refractivity contribution in [2.24, 2.45) is 0 Å². The molecule has 2 heterocycles. The Bertz CT molecular complexity index is 231. The number of rotatable bonds is 3. The molecule has 0 aromatic carbocycles. The first-order valence-corrected chi connectivity index (χ1v) is 6.61. The lowest BCUT2D eigenvalue weighted by Gasteiger charge is -2.38. The van der Waals surface area contributed by atoms with E-state index < -0.39 is 0 Å². The van der Waals surface area contributed by atoms with Crippen LogP contribution in [0.5, 0.6) is 0 Å². The fourth-order valence-electron chi connectivity index (χ4n) is 2.60. The van der Waals surface area contributed by atoms with E-state index in [1.165, 1.54) is 52.2 Å².